The van der Waals surface area contributed by atoms with Crippen molar-refractivity contribution in [1.82, 2.24) is 0 Å². The third-order valence-corrected chi connectivity index (χ3v) is 12.0. The first kappa shape index (κ1) is 39.5. The summed E-state index contributed by atoms with van der Waals surface area (Å²) in [7, 11) is -4.88. The van der Waals surface area contributed by atoms with Crippen molar-refractivity contribution >= 4 is 55.7 Å². The summed E-state index contributed by atoms with van der Waals surface area (Å²) in [6.45, 7) is 8.45. The minimum atomic E-state index is -3.34. The van der Waals surface area contributed by atoms with Gasteiger partial charge in [-0.1, -0.05) is 49.0 Å². The molecule has 0 aliphatic rings. The third-order valence-electron chi connectivity index (χ3n) is 4.64. The molecule has 0 saturated carbocycles. The zero-order valence-electron chi connectivity index (χ0n) is 21.9. The monoisotopic (exact) mass is 658 g/mol. The van der Waals surface area contributed by atoms with Crippen LogP contribution in [0, 0.1) is 0 Å². The zero-order valence-corrected chi connectivity index (χ0v) is 26.3. The highest BCUT2D eigenvalue weighted by atomic mass is 79.9. The van der Waals surface area contributed by atoms with Crippen molar-refractivity contribution in [3.05, 3.63) is 53.0 Å². The Morgan fingerprint density at radius 1 is 0.658 bits per heavy atom. The number of hydrogen-bond acceptors (Lipinski definition) is 9. The maximum absolute atomic E-state index is 12.8. The molecule has 13 heteroatoms. The van der Waals surface area contributed by atoms with E-state index in [1.807, 2.05) is 18.2 Å². The van der Waals surface area contributed by atoms with Crippen LogP contribution in [-0.2, 0) is 40.5 Å². The lowest BCUT2D eigenvalue weighted by Crippen LogP contribution is -2.55. The number of halogens is 1. The number of hydrogen-bond donors (Lipinski definition) is 0. The molecular formula is C25H45BrO9P2Si. The van der Waals surface area contributed by atoms with Crippen LogP contribution in [0.25, 0.3) is 0 Å². The Hall–Kier alpha value is -0.683. The average Bonchev–Trinajstić information content (AvgIpc) is 2.87. The van der Waals surface area contributed by atoms with Gasteiger partial charge in [0.05, 0.1) is 37.0 Å². The zero-order chi connectivity index (χ0) is 27.2. The largest absolute Gasteiger partial charge is 0.536 e. The highest BCUT2D eigenvalue weighted by Crippen LogP contribution is 2.47. The van der Waals surface area contributed by atoms with E-state index in [9.17, 15) is 9.13 Å². The lowest BCUT2D eigenvalue weighted by Gasteiger charge is -2.25. The van der Waals surface area contributed by atoms with Crippen LogP contribution >= 0.6 is 31.1 Å². The molecule has 2 aromatic carbocycles. The highest BCUT2D eigenvalue weighted by molar-refractivity contribution is 9.10. The Bertz CT molecular complexity index is 994. The molecule has 0 radical (unpaired) electrons. The van der Waals surface area contributed by atoms with Gasteiger partial charge in [0.2, 0.25) is 0 Å². The van der Waals surface area contributed by atoms with E-state index in [2.05, 4.69) is 15.9 Å². The van der Waals surface area contributed by atoms with Crippen molar-refractivity contribution in [2.45, 2.75) is 42.5 Å². The first-order chi connectivity index (χ1) is 17.1. The minimum absolute atomic E-state index is 0. The molecule has 9 nitrogen and oxygen atoms in total. The van der Waals surface area contributed by atoms with Gasteiger partial charge in [-0.3, -0.25) is 9.13 Å². The van der Waals surface area contributed by atoms with Gasteiger partial charge >= 0.3 is 24.0 Å². The van der Waals surface area contributed by atoms with Crippen molar-refractivity contribution in [2.75, 3.05) is 47.8 Å². The van der Waals surface area contributed by atoms with Gasteiger partial charge in [-0.05, 0) is 58.0 Å². The van der Waals surface area contributed by atoms with Crippen LogP contribution in [0.15, 0.2) is 53.0 Å². The third kappa shape index (κ3) is 10.7. The molecular weight excluding hydrogens is 614 g/mol. The van der Waals surface area contributed by atoms with Crippen LogP contribution in [0.3, 0.4) is 0 Å². The molecule has 2 aromatic rings. The van der Waals surface area contributed by atoms with Crippen LogP contribution in [0.2, 0.25) is 0 Å². The number of rotatable bonds is 14. The van der Waals surface area contributed by atoms with E-state index in [-0.39, 0.29) is 14.9 Å². The molecule has 0 unspecified atom stereocenters. The molecule has 0 amide bonds. The topological polar surface area (TPSA) is 98.8 Å². The fraction of sp³-hybridized carbons (Fsp3) is 0.520. The SMILES string of the molecule is C.C.CCOP(=O)(OCC)c1cccc(Br)c1.CCOP(=O)(OCC)c1cccc([Si](OC)(OC)OC)c1. The van der Waals surface area contributed by atoms with Gasteiger partial charge in [0, 0.05) is 31.0 Å². The quantitative estimate of drug-likeness (QED) is 0.172. The Morgan fingerprint density at radius 3 is 1.37 bits per heavy atom. The molecule has 0 spiro atoms. The summed E-state index contributed by atoms with van der Waals surface area (Å²) in [4.78, 5) is 0. The summed E-state index contributed by atoms with van der Waals surface area (Å²) in [5, 5.41) is 1.75. The summed E-state index contributed by atoms with van der Waals surface area (Å²) in [5.74, 6) is 0. The Labute approximate surface area is 239 Å². The highest BCUT2D eigenvalue weighted by Gasteiger charge is 2.42. The van der Waals surface area contributed by atoms with Crippen molar-refractivity contribution in [2.24, 2.45) is 0 Å². The molecule has 0 heterocycles. The van der Waals surface area contributed by atoms with Gasteiger partial charge in [-0.2, -0.15) is 0 Å². The lowest BCUT2D eigenvalue weighted by atomic mass is 10.4. The second-order valence-electron chi connectivity index (χ2n) is 6.86. The van der Waals surface area contributed by atoms with Crippen molar-refractivity contribution in [3.63, 3.8) is 0 Å². The molecule has 0 atom stereocenters. The molecule has 0 aliphatic carbocycles. The van der Waals surface area contributed by atoms with Crippen LogP contribution in [0.1, 0.15) is 42.5 Å². The van der Waals surface area contributed by atoms with E-state index >= 15 is 0 Å². The fourth-order valence-electron chi connectivity index (χ4n) is 3.17. The first-order valence-corrected chi connectivity index (χ1v) is 17.0. The smallest absolute Gasteiger partial charge is 0.373 e. The molecule has 38 heavy (non-hydrogen) atoms. The average molecular weight is 660 g/mol. The maximum Gasteiger partial charge on any atom is 0.536 e. The molecule has 2 rings (SSSR count). The van der Waals surface area contributed by atoms with Crippen LogP contribution in [0.5, 0.6) is 0 Å². The van der Waals surface area contributed by atoms with E-state index in [1.165, 1.54) is 21.3 Å². The molecule has 0 N–H and O–H groups in total. The maximum atomic E-state index is 12.8. The van der Waals surface area contributed by atoms with E-state index in [4.69, 9.17) is 31.4 Å². The lowest BCUT2D eigenvalue weighted by molar-refractivity contribution is 0.140. The molecule has 0 bridgehead atoms. The van der Waals surface area contributed by atoms with E-state index in [0.29, 0.717) is 42.2 Å². The van der Waals surface area contributed by atoms with Crippen LogP contribution < -0.4 is 15.8 Å². The second-order valence-corrected chi connectivity index (χ2v) is 14.8. The second kappa shape index (κ2) is 19.4. The van der Waals surface area contributed by atoms with E-state index in [1.54, 1.807) is 58.0 Å². The van der Waals surface area contributed by atoms with Gasteiger partial charge in [-0.15, -0.1) is 0 Å². The standard InChI is InChI=1S/C13H23O6PSi.C10H14BrO3P.2CH4/c1-6-18-20(14,19-7-2)12-9-8-10-13(11-12)21(15-3,16-4)17-5;1-3-13-15(12,14-4-2)10-7-5-6-9(11)8-10;;/h8-11H,6-7H2,1-5H3;5-8H,3-4H2,1-2H3;2*1H4. The van der Waals surface area contributed by atoms with Gasteiger partial charge in [0.15, 0.2) is 0 Å². The van der Waals surface area contributed by atoms with E-state index < -0.39 is 24.0 Å². The van der Waals surface area contributed by atoms with Crippen LogP contribution in [0.4, 0.5) is 0 Å². The summed E-state index contributed by atoms with van der Waals surface area (Å²) >= 11 is 3.32. The van der Waals surface area contributed by atoms with Crippen molar-refractivity contribution in [1.29, 1.82) is 0 Å². The summed E-state index contributed by atoms with van der Waals surface area (Å²) in [6.07, 6.45) is 0. The molecule has 0 fully saturated rings. The summed E-state index contributed by atoms with van der Waals surface area (Å²) < 4.78 is 63.4. The predicted molar refractivity (Wildman–Crippen MR) is 161 cm³/mol. The summed E-state index contributed by atoms with van der Waals surface area (Å²) in [5.41, 5.74) is 0. The molecule has 0 aliphatic heterocycles. The molecule has 220 valence electrons. The Morgan fingerprint density at radius 2 is 1.03 bits per heavy atom. The fourth-order valence-corrected chi connectivity index (χ4v) is 8.94. The van der Waals surface area contributed by atoms with E-state index in [0.717, 1.165) is 4.47 Å². The van der Waals surface area contributed by atoms with Crippen molar-refractivity contribution < 1.29 is 40.5 Å². The Balaban J connectivity index is 0. The Kier molecular flexibility index (Phi) is 20.1. The molecule has 0 saturated heterocycles. The van der Waals surface area contributed by atoms with Gasteiger partial charge in [0.25, 0.3) is 0 Å². The van der Waals surface area contributed by atoms with Gasteiger partial charge in [0.1, 0.15) is 0 Å². The minimum Gasteiger partial charge on any atom is -0.373 e. The normalized spacial score (nSPS) is 11.6. The molecule has 0 aromatic heterocycles. The summed E-state index contributed by atoms with van der Waals surface area (Å²) in [6, 6.07) is 14.2. The predicted octanol–water partition coefficient (Wildman–Crippen LogP) is 6.28. The van der Waals surface area contributed by atoms with Crippen LogP contribution in [-0.4, -0.2) is 56.6 Å². The van der Waals surface area contributed by atoms with Gasteiger partial charge < -0.3 is 31.4 Å². The first-order valence-electron chi connectivity index (χ1n) is 11.4. The van der Waals surface area contributed by atoms with Gasteiger partial charge in [-0.25, -0.2) is 0 Å². The number of benzene rings is 2. The van der Waals surface area contributed by atoms with Crippen molar-refractivity contribution in [3.8, 4) is 0 Å².